The van der Waals surface area contributed by atoms with E-state index in [1.165, 1.54) is 12.1 Å². The predicted octanol–water partition coefficient (Wildman–Crippen LogP) is 3.29. The average Bonchev–Trinajstić information content (AvgIpc) is 2.98. The van der Waals surface area contributed by atoms with Crippen molar-refractivity contribution in [2.45, 2.75) is 13.0 Å². The second-order valence-corrected chi connectivity index (χ2v) is 6.24. The summed E-state index contributed by atoms with van der Waals surface area (Å²) >= 11 is 0. The van der Waals surface area contributed by atoms with Gasteiger partial charge in [-0.2, -0.15) is 0 Å². The third kappa shape index (κ3) is 2.54. The van der Waals surface area contributed by atoms with Gasteiger partial charge >= 0.3 is 0 Å². The minimum atomic E-state index is -0.285. The van der Waals surface area contributed by atoms with Gasteiger partial charge in [-0.25, -0.2) is 4.39 Å². The van der Waals surface area contributed by atoms with Crippen LogP contribution in [-0.4, -0.2) is 34.6 Å². The van der Waals surface area contributed by atoms with Gasteiger partial charge in [-0.3, -0.25) is 9.78 Å². The minimum Gasteiger partial charge on any atom is -0.505 e. The predicted molar refractivity (Wildman–Crippen MR) is 94.8 cm³/mol. The number of fused-ring (bicyclic) bond motifs is 2. The fourth-order valence-corrected chi connectivity index (χ4v) is 3.45. The highest BCUT2D eigenvalue weighted by Crippen LogP contribution is 2.43. The molecule has 1 N–H and O–H groups in total. The minimum absolute atomic E-state index is 0.106. The normalized spacial score (nSPS) is 13.3. The van der Waals surface area contributed by atoms with Crippen molar-refractivity contribution >= 4 is 16.8 Å². The molecule has 2 heterocycles. The number of carbonyl (C=O) groups excluding carboxylic acids is 1. The number of hydrogen-bond donors (Lipinski definition) is 1. The molecule has 3 aromatic rings. The van der Waals surface area contributed by atoms with E-state index in [1.807, 2.05) is 6.07 Å². The molecule has 0 atom stereocenters. The summed E-state index contributed by atoms with van der Waals surface area (Å²) in [5, 5.41) is 11.3. The van der Waals surface area contributed by atoms with Crippen molar-refractivity contribution in [3.63, 3.8) is 0 Å². The topological polar surface area (TPSA) is 62.7 Å². The molecule has 2 aromatic carbocycles. The molecule has 1 amide bonds. The molecule has 0 saturated carbocycles. The lowest BCUT2D eigenvalue weighted by Gasteiger charge is -2.15. The van der Waals surface area contributed by atoms with Gasteiger partial charge in [-0.05, 0) is 36.2 Å². The molecule has 5 nitrogen and oxygen atoms in total. The van der Waals surface area contributed by atoms with Crippen molar-refractivity contribution in [1.82, 2.24) is 9.88 Å². The fraction of sp³-hybridized carbons (Fsp3) is 0.200. The van der Waals surface area contributed by atoms with E-state index in [9.17, 15) is 14.3 Å². The number of methoxy groups -OCH3 is 1. The zero-order valence-corrected chi connectivity index (χ0v) is 14.2. The Kier molecular flexibility index (Phi) is 3.95. The summed E-state index contributed by atoms with van der Waals surface area (Å²) in [6.07, 6.45) is 2.17. The van der Waals surface area contributed by atoms with Gasteiger partial charge in [0.25, 0.3) is 5.91 Å². The van der Waals surface area contributed by atoms with Gasteiger partial charge in [0.15, 0.2) is 5.75 Å². The van der Waals surface area contributed by atoms with E-state index in [2.05, 4.69) is 4.98 Å². The number of carbonyl (C=O) groups is 1. The van der Waals surface area contributed by atoms with E-state index in [-0.39, 0.29) is 23.0 Å². The first kappa shape index (κ1) is 16.3. The Bertz CT molecular complexity index is 1000. The zero-order valence-electron chi connectivity index (χ0n) is 14.2. The molecular formula is C20H17FN2O3. The highest BCUT2D eigenvalue weighted by molar-refractivity contribution is 6.08. The summed E-state index contributed by atoms with van der Waals surface area (Å²) in [4.78, 5) is 18.7. The van der Waals surface area contributed by atoms with Crippen LogP contribution < -0.4 is 4.74 Å². The van der Waals surface area contributed by atoms with E-state index in [0.29, 0.717) is 41.7 Å². The molecule has 0 radical (unpaired) electrons. The maximum atomic E-state index is 13.0. The summed E-state index contributed by atoms with van der Waals surface area (Å²) in [5.41, 5.74) is 2.23. The van der Waals surface area contributed by atoms with Crippen molar-refractivity contribution < 1.29 is 19.0 Å². The van der Waals surface area contributed by atoms with Gasteiger partial charge < -0.3 is 14.7 Å². The third-order valence-corrected chi connectivity index (χ3v) is 4.73. The molecule has 26 heavy (non-hydrogen) atoms. The van der Waals surface area contributed by atoms with Gasteiger partial charge in [0.1, 0.15) is 17.1 Å². The van der Waals surface area contributed by atoms with E-state index in [0.717, 1.165) is 5.56 Å². The zero-order chi connectivity index (χ0) is 18.3. The first-order chi connectivity index (χ1) is 12.6. The Labute approximate surface area is 149 Å². The number of aromatic hydroxyl groups is 1. The maximum absolute atomic E-state index is 13.0. The number of hydrogen-bond acceptors (Lipinski definition) is 4. The van der Waals surface area contributed by atoms with Crippen LogP contribution in [0, 0.1) is 5.82 Å². The van der Waals surface area contributed by atoms with Gasteiger partial charge in [0.2, 0.25) is 0 Å². The largest absolute Gasteiger partial charge is 0.505 e. The Morgan fingerprint density at radius 3 is 2.77 bits per heavy atom. The van der Waals surface area contributed by atoms with E-state index < -0.39 is 0 Å². The Morgan fingerprint density at radius 2 is 2.04 bits per heavy atom. The summed E-state index contributed by atoms with van der Waals surface area (Å²) < 4.78 is 18.5. The van der Waals surface area contributed by atoms with Crippen LogP contribution in [-0.2, 0) is 13.0 Å². The number of amides is 1. The van der Waals surface area contributed by atoms with Crippen LogP contribution >= 0.6 is 0 Å². The van der Waals surface area contributed by atoms with Crippen LogP contribution in [0.3, 0.4) is 0 Å². The van der Waals surface area contributed by atoms with Gasteiger partial charge in [-0.15, -0.1) is 0 Å². The molecule has 1 aromatic heterocycles. The number of halogens is 1. The molecule has 0 fully saturated rings. The molecular weight excluding hydrogens is 335 g/mol. The van der Waals surface area contributed by atoms with Crippen LogP contribution in [0.25, 0.3) is 10.9 Å². The van der Waals surface area contributed by atoms with E-state index in [1.54, 1.807) is 36.4 Å². The van der Waals surface area contributed by atoms with Crippen molar-refractivity contribution in [3.05, 3.63) is 65.1 Å². The number of aromatic nitrogens is 1. The lowest BCUT2D eigenvalue weighted by atomic mass is 10.0. The molecule has 0 unspecified atom stereocenters. The molecule has 1 aliphatic heterocycles. The first-order valence-electron chi connectivity index (χ1n) is 8.30. The number of rotatable bonds is 4. The van der Waals surface area contributed by atoms with Crippen LogP contribution in [0.4, 0.5) is 4.39 Å². The second-order valence-electron chi connectivity index (χ2n) is 6.24. The smallest absolute Gasteiger partial charge is 0.258 e. The molecule has 1 aliphatic rings. The molecule has 0 aliphatic carbocycles. The highest BCUT2D eigenvalue weighted by atomic mass is 19.1. The van der Waals surface area contributed by atoms with Crippen LogP contribution in [0.5, 0.6) is 11.5 Å². The monoisotopic (exact) mass is 352 g/mol. The summed E-state index contributed by atoms with van der Waals surface area (Å²) in [5.74, 6) is -0.0677. The Morgan fingerprint density at radius 1 is 1.27 bits per heavy atom. The Balaban J connectivity index is 1.67. The SMILES string of the molecule is COc1c2c(c(O)c3ncccc13)C(=O)N(CCc1ccc(F)cc1)C2. The molecule has 0 spiro atoms. The number of phenolic OH excluding ortho intramolecular Hbond substituents is 1. The van der Waals surface area contributed by atoms with Crippen molar-refractivity contribution in [2.24, 2.45) is 0 Å². The van der Waals surface area contributed by atoms with Crippen molar-refractivity contribution in [1.29, 1.82) is 0 Å². The number of benzene rings is 2. The van der Waals surface area contributed by atoms with Crippen molar-refractivity contribution in [3.8, 4) is 11.5 Å². The van der Waals surface area contributed by atoms with Crippen LogP contribution in [0.15, 0.2) is 42.6 Å². The van der Waals surface area contributed by atoms with E-state index in [4.69, 9.17) is 4.74 Å². The Hall–Kier alpha value is -3.15. The number of nitrogens with zero attached hydrogens (tertiary/aromatic N) is 2. The summed E-state index contributed by atoms with van der Waals surface area (Å²) in [7, 11) is 1.55. The third-order valence-electron chi connectivity index (χ3n) is 4.73. The molecule has 6 heteroatoms. The van der Waals surface area contributed by atoms with Gasteiger partial charge in [0, 0.05) is 23.7 Å². The lowest BCUT2D eigenvalue weighted by Crippen LogP contribution is -2.26. The fourth-order valence-electron chi connectivity index (χ4n) is 3.45. The number of ether oxygens (including phenoxy) is 1. The second kappa shape index (κ2) is 6.29. The van der Waals surface area contributed by atoms with Crippen LogP contribution in [0.2, 0.25) is 0 Å². The number of phenols is 1. The van der Waals surface area contributed by atoms with Crippen molar-refractivity contribution in [2.75, 3.05) is 13.7 Å². The van der Waals surface area contributed by atoms with Gasteiger partial charge in [-0.1, -0.05) is 12.1 Å². The highest BCUT2D eigenvalue weighted by Gasteiger charge is 2.35. The molecule has 132 valence electrons. The first-order valence-corrected chi connectivity index (χ1v) is 8.30. The number of pyridine rings is 1. The molecule has 0 bridgehead atoms. The summed E-state index contributed by atoms with van der Waals surface area (Å²) in [6, 6.07) is 9.80. The van der Waals surface area contributed by atoms with E-state index >= 15 is 0 Å². The lowest BCUT2D eigenvalue weighted by molar-refractivity contribution is 0.0778. The molecule has 0 saturated heterocycles. The van der Waals surface area contributed by atoms with Gasteiger partial charge in [0.05, 0.1) is 19.2 Å². The standard InChI is InChI=1S/C20H17FN2O3/c1-26-19-14-3-2-9-22-17(14)18(24)16-15(19)11-23(20(16)25)10-8-12-4-6-13(21)7-5-12/h2-7,9,24H,8,10-11H2,1H3. The van der Waals surface area contributed by atoms with Crippen LogP contribution in [0.1, 0.15) is 21.5 Å². The summed E-state index contributed by atoms with van der Waals surface area (Å²) in [6.45, 7) is 0.822. The average molecular weight is 352 g/mol. The molecule has 4 rings (SSSR count). The maximum Gasteiger partial charge on any atom is 0.258 e. The quantitative estimate of drug-likeness (QED) is 0.783.